The van der Waals surface area contributed by atoms with Gasteiger partial charge in [0.25, 0.3) is 0 Å². The van der Waals surface area contributed by atoms with Crippen molar-refractivity contribution in [1.29, 1.82) is 0 Å². The predicted molar refractivity (Wildman–Crippen MR) is 117 cm³/mol. The third kappa shape index (κ3) is 4.39. The second kappa shape index (κ2) is 9.13. The first-order chi connectivity index (χ1) is 14.7. The second-order valence-corrected chi connectivity index (χ2v) is 7.48. The summed E-state index contributed by atoms with van der Waals surface area (Å²) in [6.07, 6.45) is 3.55. The van der Waals surface area contributed by atoms with Gasteiger partial charge in [-0.05, 0) is 48.7 Å². The third-order valence-electron chi connectivity index (χ3n) is 5.53. The van der Waals surface area contributed by atoms with E-state index in [1.54, 1.807) is 4.90 Å². The summed E-state index contributed by atoms with van der Waals surface area (Å²) in [6.45, 7) is 5.72. The van der Waals surface area contributed by atoms with Crippen molar-refractivity contribution < 1.29 is 14.4 Å². The van der Waals surface area contributed by atoms with Gasteiger partial charge in [-0.2, -0.15) is 0 Å². The van der Waals surface area contributed by atoms with E-state index in [0.29, 0.717) is 19.7 Å². The topological polar surface area (TPSA) is 63.7 Å². The molecular formula is C24H27N3O3. The van der Waals surface area contributed by atoms with Crippen LogP contribution in [0.4, 0.5) is 4.79 Å². The molecule has 2 aromatic carbocycles. The predicted octanol–water partition coefficient (Wildman–Crippen LogP) is 4.71. The highest BCUT2D eigenvalue weighted by Gasteiger charge is 2.24. The molecule has 0 unspecified atom stereocenters. The molecule has 1 aliphatic rings. The van der Waals surface area contributed by atoms with E-state index in [9.17, 15) is 4.79 Å². The monoisotopic (exact) mass is 405 g/mol. The van der Waals surface area contributed by atoms with E-state index in [4.69, 9.17) is 9.57 Å². The smallest absolute Gasteiger partial charge is 0.341 e. The Morgan fingerprint density at radius 2 is 1.90 bits per heavy atom. The lowest BCUT2D eigenvalue weighted by atomic mass is 9.98. The lowest BCUT2D eigenvalue weighted by Crippen LogP contribution is -2.46. The van der Waals surface area contributed by atoms with Gasteiger partial charge < -0.3 is 9.64 Å². The van der Waals surface area contributed by atoms with Gasteiger partial charge in [0.1, 0.15) is 11.9 Å². The Morgan fingerprint density at radius 1 is 1.13 bits per heavy atom. The first-order valence-corrected chi connectivity index (χ1v) is 10.4. The number of hydroxylamine groups is 1. The van der Waals surface area contributed by atoms with E-state index in [2.05, 4.69) is 47.7 Å². The van der Waals surface area contributed by atoms with Crippen molar-refractivity contribution in [2.75, 3.05) is 19.7 Å². The van der Waals surface area contributed by atoms with E-state index in [1.807, 2.05) is 31.3 Å². The molecule has 4 rings (SSSR count). The van der Waals surface area contributed by atoms with Crippen molar-refractivity contribution in [2.45, 2.75) is 32.8 Å². The van der Waals surface area contributed by atoms with Gasteiger partial charge in [0.05, 0.1) is 12.1 Å². The maximum Gasteiger partial charge on any atom is 0.341 e. The van der Waals surface area contributed by atoms with Gasteiger partial charge in [0, 0.05) is 37.5 Å². The molecular weight excluding hydrogens is 378 g/mol. The number of urea groups is 1. The molecule has 156 valence electrons. The average molecular weight is 405 g/mol. The van der Waals surface area contributed by atoms with Gasteiger partial charge in [0.15, 0.2) is 0 Å². The van der Waals surface area contributed by atoms with Gasteiger partial charge >= 0.3 is 6.03 Å². The van der Waals surface area contributed by atoms with Crippen LogP contribution in [0.3, 0.4) is 0 Å². The number of carbonyl (C=O) groups excluding carboxylic acids is 1. The number of nitrogens with one attached hydrogen (secondary N) is 1. The number of nitrogens with zero attached hydrogens (tertiary/aromatic N) is 2. The molecule has 0 bridgehead atoms. The Labute approximate surface area is 176 Å². The highest BCUT2D eigenvalue weighted by molar-refractivity contribution is 5.88. The van der Waals surface area contributed by atoms with Crippen LogP contribution in [0.15, 0.2) is 54.7 Å². The van der Waals surface area contributed by atoms with E-state index >= 15 is 0 Å². The normalized spacial score (nSPS) is 14.7. The van der Waals surface area contributed by atoms with E-state index in [1.165, 1.54) is 11.1 Å². The highest BCUT2D eigenvalue weighted by atomic mass is 16.7. The average Bonchev–Trinajstić information content (AvgIpc) is 2.79. The molecule has 0 radical (unpaired) electrons. The Balaban J connectivity index is 1.38. The van der Waals surface area contributed by atoms with Gasteiger partial charge in [0.2, 0.25) is 0 Å². The van der Waals surface area contributed by atoms with Crippen molar-refractivity contribution in [3.05, 3.63) is 60.3 Å². The fraction of sp³-hybridized carbons (Fsp3) is 0.333. The summed E-state index contributed by atoms with van der Waals surface area (Å²) in [5.41, 5.74) is 6.99. The number of pyridine rings is 1. The van der Waals surface area contributed by atoms with Gasteiger partial charge in [-0.1, -0.05) is 30.3 Å². The number of likely N-dealkylation sites (tertiary alicyclic amines) is 1. The van der Waals surface area contributed by atoms with Gasteiger partial charge in [-0.15, -0.1) is 0 Å². The first-order valence-electron chi connectivity index (χ1n) is 10.4. The summed E-state index contributed by atoms with van der Waals surface area (Å²) >= 11 is 0. The first kappa shape index (κ1) is 20.2. The third-order valence-corrected chi connectivity index (χ3v) is 5.53. The maximum absolute atomic E-state index is 11.9. The Kier molecular flexibility index (Phi) is 6.14. The molecule has 0 saturated carbocycles. The largest absolute Gasteiger partial charge is 0.490 e. The van der Waals surface area contributed by atoms with Crippen LogP contribution >= 0.6 is 0 Å². The number of benzene rings is 2. The van der Waals surface area contributed by atoms with Crippen molar-refractivity contribution in [3.63, 3.8) is 0 Å². The summed E-state index contributed by atoms with van der Waals surface area (Å²) in [5, 5.41) is 1.15. The summed E-state index contributed by atoms with van der Waals surface area (Å²) in [4.78, 5) is 23.2. The maximum atomic E-state index is 11.9. The molecule has 6 nitrogen and oxygen atoms in total. The molecule has 3 aromatic rings. The highest BCUT2D eigenvalue weighted by Crippen LogP contribution is 2.30. The molecule has 2 amide bonds. The minimum absolute atomic E-state index is 0.110. The molecule has 0 spiro atoms. The number of fused-ring (bicyclic) bond motifs is 1. The van der Waals surface area contributed by atoms with Crippen LogP contribution in [0.5, 0.6) is 5.75 Å². The van der Waals surface area contributed by atoms with Crippen LogP contribution < -0.4 is 10.2 Å². The number of aromatic nitrogens is 1. The summed E-state index contributed by atoms with van der Waals surface area (Å²) in [7, 11) is 0. The zero-order chi connectivity index (χ0) is 20.9. The molecule has 30 heavy (non-hydrogen) atoms. The minimum Gasteiger partial charge on any atom is -0.490 e. The van der Waals surface area contributed by atoms with E-state index < -0.39 is 0 Å². The standard InChI is InChI=1S/C24H27N3O3/c1-3-29-26-24(28)27-15-12-21(13-16-27)30-20-9-6-18(7-10-20)22-11-8-19-5-4-14-25-23(19)17(22)2/h4-11,14,21H,3,12-13,15-16H2,1-2H3,(H,26,28). The number of piperidine rings is 1. The van der Waals surface area contributed by atoms with Crippen LogP contribution in [0.2, 0.25) is 0 Å². The SMILES string of the molecule is CCONC(=O)N1CCC(Oc2ccc(-c3ccc4cccnc4c3C)cc2)CC1. The lowest BCUT2D eigenvalue weighted by Gasteiger charge is -2.32. The number of rotatable bonds is 5. The Hall–Kier alpha value is -3.12. The van der Waals surface area contributed by atoms with Crippen LogP contribution in [0.1, 0.15) is 25.3 Å². The molecule has 1 aromatic heterocycles. The van der Waals surface area contributed by atoms with Gasteiger partial charge in [-0.3, -0.25) is 9.82 Å². The summed E-state index contributed by atoms with van der Waals surface area (Å²) in [6, 6.07) is 16.4. The van der Waals surface area contributed by atoms with E-state index in [0.717, 1.165) is 35.1 Å². The quantitative estimate of drug-likeness (QED) is 0.624. The zero-order valence-corrected chi connectivity index (χ0v) is 17.4. The van der Waals surface area contributed by atoms with E-state index in [-0.39, 0.29) is 12.1 Å². The molecule has 1 saturated heterocycles. The molecule has 0 aliphatic carbocycles. The Morgan fingerprint density at radius 3 is 2.63 bits per heavy atom. The summed E-state index contributed by atoms with van der Waals surface area (Å²) < 4.78 is 6.15. The van der Waals surface area contributed by atoms with Crippen LogP contribution in [0.25, 0.3) is 22.0 Å². The van der Waals surface area contributed by atoms with Crippen molar-refractivity contribution in [3.8, 4) is 16.9 Å². The number of hydrogen-bond acceptors (Lipinski definition) is 4. The number of aryl methyl sites for hydroxylation is 1. The number of hydrogen-bond donors (Lipinski definition) is 1. The lowest BCUT2D eigenvalue weighted by molar-refractivity contribution is 0.0446. The fourth-order valence-electron chi connectivity index (χ4n) is 3.88. The van der Waals surface area contributed by atoms with Gasteiger partial charge in [-0.25, -0.2) is 10.3 Å². The molecule has 2 heterocycles. The number of ether oxygens (including phenoxy) is 1. The summed E-state index contributed by atoms with van der Waals surface area (Å²) in [5.74, 6) is 0.854. The number of amides is 2. The van der Waals surface area contributed by atoms with Crippen LogP contribution in [-0.4, -0.2) is 41.7 Å². The van der Waals surface area contributed by atoms with Crippen LogP contribution in [-0.2, 0) is 4.84 Å². The molecule has 1 N–H and O–H groups in total. The Bertz CT molecular complexity index is 1010. The molecule has 1 aliphatic heterocycles. The molecule has 1 fully saturated rings. The van der Waals surface area contributed by atoms with Crippen molar-refractivity contribution in [1.82, 2.24) is 15.4 Å². The van der Waals surface area contributed by atoms with Crippen molar-refractivity contribution in [2.24, 2.45) is 0 Å². The van der Waals surface area contributed by atoms with Crippen molar-refractivity contribution >= 4 is 16.9 Å². The fourth-order valence-corrected chi connectivity index (χ4v) is 3.88. The zero-order valence-electron chi connectivity index (χ0n) is 17.4. The molecule has 6 heteroatoms. The second-order valence-electron chi connectivity index (χ2n) is 7.48. The number of carbonyl (C=O) groups is 1. The molecule has 0 atom stereocenters. The minimum atomic E-state index is -0.181. The van der Waals surface area contributed by atoms with Crippen LogP contribution in [0, 0.1) is 6.92 Å².